The third-order valence-corrected chi connectivity index (χ3v) is 1.96. The fraction of sp³-hybridized carbons (Fsp3) is 0.667. The maximum Gasteiger partial charge on any atom is 0.316 e. The second-order valence-corrected chi connectivity index (χ2v) is 3.33. The molecule has 0 fully saturated rings. The van der Waals surface area contributed by atoms with Gasteiger partial charge in [-0.25, -0.2) is 0 Å². The van der Waals surface area contributed by atoms with Crippen molar-refractivity contribution in [1.82, 2.24) is 0 Å². The van der Waals surface area contributed by atoms with Crippen molar-refractivity contribution < 1.29 is 38.1 Å². The summed E-state index contributed by atoms with van der Waals surface area (Å²) in [6.45, 7) is 0. The standard InChI is InChI=1S/C7H12O4.C5H8O4/c1-10-6(8)4-3-5-7(9)11-2;1-8-4(6)3-5(7)9-2/h3-5H2,1-2H3;3H2,1-2H3. The van der Waals surface area contributed by atoms with Gasteiger partial charge in [0.25, 0.3) is 0 Å². The van der Waals surface area contributed by atoms with Gasteiger partial charge in [-0.1, -0.05) is 0 Å². The molecular weight excluding hydrogens is 272 g/mol. The van der Waals surface area contributed by atoms with Gasteiger partial charge in [0.15, 0.2) is 0 Å². The Hall–Kier alpha value is -2.12. The first-order valence-electron chi connectivity index (χ1n) is 5.68. The molecule has 0 atom stereocenters. The molecule has 0 aromatic rings. The highest BCUT2D eigenvalue weighted by Gasteiger charge is 2.07. The minimum absolute atomic E-state index is 0.269. The number of hydrogen-bond acceptors (Lipinski definition) is 8. The Morgan fingerprint density at radius 3 is 1.15 bits per heavy atom. The van der Waals surface area contributed by atoms with Crippen LogP contribution >= 0.6 is 0 Å². The average Bonchev–Trinajstić information content (AvgIpc) is 2.46. The van der Waals surface area contributed by atoms with Crippen LogP contribution in [0.4, 0.5) is 0 Å². The molecule has 0 bridgehead atoms. The molecule has 0 rings (SSSR count). The molecule has 0 radical (unpaired) electrons. The van der Waals surface area contributed by atoms with E-state index in [1.807, 2.05) is 0 Å². The van der Waals surface area contributed by atoms with E-state index in [2.05, 4.69) is 18.9 Å². The highest BCUT2D eigenvalue weighted by Crippen LogP contribution is 1.97. The lowest BCUT2D eigenvalue weighted by Gasteiger charge is -1.97. The van der Waals surface area contributed by atoms with Crippen LogP contribution in [0.25, 0.3) is 0 Å². The van der Waals surface area contributed by atoms with Crippen molar-refractivity contribution in [3.8, 4) is 0 Å². The van der Waals surface area contributed by atoms with E-state index >= 15 is 0 Å². The van der Waals surface area contributed by atoms with E-state index in [9.17, 15) is 19.2 Å². The van der Waals surface area contributed by atoms with Crippen molar-refractivity contribution in [2.75, 3.05) is 28.4 Å². The minimum atomic E-state index is -0.582. The van der Waals surface area contributed by atoms with Crippen LogP contribution in [0.1, 0.15) is 25.7 Å². The number of carbonyl (C=O) groups excluding carboxylic acids is 4. The second-order valence-electron chi connectivity index (χ2n) is 3.33. The molecule has 0 aliphatic carbocycles. The number of hydrogen-bond donors (Lipinski definition) is 0. The molecule has 0 N–H and O–H groups in total. The van der Waals surface area contributed by atoms with E-state index in [0.29, 0.717) is 6.42 Å². The van der Waals surface area contributed by atoms with Crippen LogP contribution in [-0.2, 0) is 38.1 Å². The maximum absolute atomic E-state index is 10.5. The van der Waals surface area contributed by atoms with Gasteiger partial charge in [-0.15, -0.1) is 0 Å². The number of carbonyl (C=O) groups is 4. The first-order chi connectivity index (χ1) is 9.40. The summed E-state index contributed by atoms with van der Waals surface area (Å²) >= 11 is 0. The topological polar surface area (TPSA) is 105 Å². The van der Waals surface area contributed by atoms with Gasteiger partial charge in [-0.3, -0.25) is 19.2 Å². The van der Waals surface area contributed by atoms with Crippen molar-refractivity contribution in [3.63, 3.8) is 0 Å². The molecule has 0 spiro atoms. The van der Waals surface area contributed by atoms with Crippen LogP contribution in [-0.4, -0.2) is 52.3 Å². The molecule has 0 unspecified atom stereocenters. The number of ether oxygens (including phenoxy) is 4. The smallest absolute Gasteiger partial charge is 0.316 e. The molecule has 8 heteroatoms. The van der Waals surface area contributed by atoms with Gasteiger partial charge in [0, 0.05) is 12.8 Å². The zero-order valence-electron chi connectivity index (χ0n) is 12.1. The monoisotopic (exact) mass is 292 g/mol. The highest BCUT2D eigenvalue weighted by atomic mass is 16.5. The van der Waals surface area contributed by atoms with Gasteiger partial charge in [0.1, 0.15) is 6.42 Å². The van der Waals surface area contributed by atoms with Gasteiger partial charge in [0.2, 0.25) is 0 Å². The zero-order valence-corrected chi connectivity index (χ0v) is 12.1. The first-order valence-corrected chi connectivity index (χ1v) is 5.68. The Labute approximate surface area is 117 Å². The van der Waals surface area contributed by atoms with Crippen LogP contribution < -0.4 is 0 Å². The third-order valence-electron chi connectivity index (χ3n) is 1.96. The summed E-state index contributed by atoms with van der Waals surface area (Å²) in [4.78, 5) is 41.5. The summed E-state index contributed by atoms with van der Waals surface area (Å²) < 4.78 is 17.1. The van der Waals surface area contributed by atoms with Crippen LogP contribution in [0.15, 0.2) is 0 Å². The van der Waals surface area contributed by atoms with Crippen LogP contribution in [0.3, 0.4) is 0 Å². The quantitative estimate of drug-likeness (QED) is 0.389. The van der Waals surface area contributed by atoms with Gasteiger partial charge < -0.3 is 18.9 Å². The largest absolute Gasteiger partial charge is 0.469 e. The van der Waals surface area contributed by atoms with E-state index in [-0.39, 0.29) is 31.2 Å². The fourth-order valence-electron chi connectivity index (χ4n) is 0.843. The van der Waals surface area contributed by atoms with Crippen molar-refractivity contribution in [2.24, 2.45) is 0 Å². The molecule has 0 saturated carbocycles. The zero-order chi connectivity index (χ0) is 16.0. The van der Waals surface area contributed by atoms with E-state index in [0.717, 1.165) is 0 Å². The molecule has 8 nitrogen and oxygen atoms in total. The van der Waals surface area contributed by atoms with Gasteiger partial charge in [-0.05, 0) is 6.42 Å². The molecule has 0 aliphatic rings. The Bertz CT molecular complexity index is 293. The predicted octanol–water partition coefficient (Wildman–Crippen LogP) is 0.225. The third kappa shape index (κ3) is 13.9. The Balaban J connectivity index is 0. The van der Waals surface area contributed by atoms with E-state index in [1.165, 1.54) is 28.4 Å². The first kappa shape index (κ1) is 20.2. The Morgan fingerprint density at radius 1 is 0.600 bits per heavy atom. The molecule has 116 valence electrons. The van der Waals surface area contributed by atoms with Crippen molar-refractivity contribution >= 4 is 23.9 Å². The molecule has 0 aliphatic heterocycles. The van der Waals surface area contributed by atoms with Crippen LogP contribution in [0.5, 0.6) is 0 Å². The van der Waals surface area contributed by atoms with Crippen LogP contribution in [0.2, 0.25) is 0 Å². The maximum atomic E-state index is 10.5. The summed E-state index contributed by atoms with van der Waals surface area (Å²) in [6, 6.07) is 0. The highest BCUT2D eigenvalue weighted by molar-refractivity contribution is 5.90. The SMILES string of the molecule is COC(=O)CC(=O)OC.COC(=O)CCCC(=O)OC. The Kier molecular flexibility index (Phi) is 13.4. The fourth-order valence-corrected chi connectivity index (χ4v) is 0.843. The molecule has 0 aromatic heterocycles. The Morgan fingerprint density at radius 2 is 0.900 bits per heavy atom. The van der Waals surface area contributed by atoms with E-state index in [4.69, 9.17) is 0 Å². The number of rotatable bonds is 6. The second kappa shape index (κ2) is 13.3. The van der Waals surface area contributed by atoms with Gasteiger partial charge >= 0.3 is 23.9 Å². The molecule has 20 heavy (non-hydrogen) atoms. The summed E-state index contributed by atoms with van der Waals surface area (Å²) in [5.41, 5.74) is 0. The lowest BCUT2D eigenvalue weighted by Crippen LogP contribution is -2.09. The average molecular weight is 292 g/mol. The molecule has 0 aromatic carbocycles. The minimum Gasteiger partial charge on any atom is -0.469 e. The molecule has 0 heterocycles. The summed E-state index contributed by atoms with van der Waals surface area (Å²) in [6.07, 6.45) is 0.712. The van der Waals surface area contributed by atoms with E-state index in [1.54, 1.807) is 0 Å². The summed E-state index contributed by atoms with van der Waals surface area (Å²) in [5.74, 6) is -1.76. The lowest BCUT2D eigenvalue weighted by molar-refractivity contribution is -0.151. The van der Waals surface area contributed by atoms with Crippen molar-refractivity contribution in [2.45, 2.75) is 25.7 Å². The molecular formula is C12H20O8. The van der Waals surface area contributed by atoms with Crippen LogP contribution in [0, 0.1) is 0 Å². The van der Waals surface area contributed by atoms with Gasteiger partial charge in [0.05, 0.1) is 28.4 Å². The number of esters is 4. The summed E-state index contributed by atoms with van der Waals surface area (Å²) in [7, 11) is 5.07. The number of methoxy groups -OCH3 is 4. The summed E-state index contributed by atoms with van der Waals surface area (Å²) in [5, 5.41) is 0. The molecule has 0 amide bonds. The predicted molar refractivity (Wildman–Crippen MR) is 66.5 cm³/mol. The van der Waals surface area contributed by atoms with Gasteiger partial charge in [-0.2, -0.15) is 0 Å². The lowest BCUT2D eigenvalue weighted by atomic mass is 10.2. The molecule has 0 saturated heterocycles. The van der Waals surface area contributed by atoms with E-state index < -0.39 is 11.9 Å². The van der Waals surface area contributed by atoms with Crippen molar-refractivity contribution in [3.05, 3.63) is 0 Å². The van der Waals surface area contributed by atoms with Crippen molar-refractivity contribution in [1.29, 1.82) is 0 Å². The normalized spacial score (nSPS) is 8.60.